The van der Waals surface area contributed by atoms with Crippen LogP contribution in [-0.2, 0) is 14.8 Å². The summed E-state index contributed by atoms with van der Waals surface area (Å²) in [7, 11) is -3.77. The van der Waals surface area contributed by atoms with Gasteiger partial charge in [0.05, 0.1) is 6.61 Å². The lowest BCUT2D eigenvalue weighted by Crippen LogP contribution is -2.26. The van der Waals surface area contributed by atoms with Gasteiger partial charge in [-0.1, -0.05) is 28.1 Å². The van der Waals surface area contributed by atoms with Gasteiger partial charge in [-0.3, -0.25) is 0 Å². The summed E-state index contributed by atoms with van der Waals surface area (Å²) in [4.78, 5) is -0.327. The zero-order valence-corrected chi connectivity index (χ0v) is 12.1. The zero-order chi connectivity index (χ0) is 13.4. The number of halogens is 2. The Hall–Kier alpha value is -0.500. The second kappa shape index (κ2) is 7.83. The largest absolute Gasteiger partial charge is 0.381 e. The van der Waals surface area contributed by atoms with Crippen LogP contribution in [0.25, 0.3) is 0 Å². The molecule has 0 saturated heterocycles. The van der Waals surface area contributed by atoms with Crippen molar-refractivity contribution in [2.75, 3.05) is 25.1 Å². The van der Waals surface area contributed by atoms with Crippen LogP contribution < -0.4 is 4.72 Å². The van der Waals surface area contributed by atoms with Crippen LogP contribution in [0, 0.1) is 5.82 Å². The maximum absolute atomic E-state index is 13.3. The second-order valence-electron chi connectivity index (χ2n) is 3.48. The van der Waals surface area contributed by atoms with Crippen molar-refractivity contribution in [1.82, 2.24) is 4.72 Å². The molecule has 1 rings (SSSR count). The minimum atomic E-state index is -3.77. The fraction of sp³-hybridized carbons (Fsp3) is 0.455. The molecule has 1 aromatic rings. The van der Waals surface area contributed by atoms with Crippen molar-refractivity contribution in [3.8, 4) is 0 Å². The number of benzene rings is 1. The number of ether oxygens (including phenoxy) is 1. The lowest BCUT2D eigenvalue weighted by atomic mass is 10.4. The van der Waals surface area contributed by atoms with Crippen LogP contribution in [0.3, 0.4) is 0 Å². The quantitative estimate of drug-likeness (QED) is 0.581. The number of alkyl halides is 1. The summed E-state index contributed by atoms with van der Waals surface area (Å²) in [5.74, 6) is -0.750. The van der Waals surface area contributed by atoms with E-state index in [2.05, 4.69) is 20.7 Å². The summed E-state index contributed by atoms with van der Waals surface area (Å²) in [6.07, 6.45) is 0.542. The lowest BCUT2D eigenvalue weighted by Gasteiger charge is -2.07. The van der Waals surface area contributed by atoms with Gasteiger partial charge in [-0.25, -0.2) is 17.5 Å². The van der Waals surface area contributed by atoms with Crippen molar-refractivity contribution in [3.05, 3.63) is 30.1 Å². The molecule has 0 spiro atoms. The van der Waals surface area contributed by atoms with E-state index in [4.69, 9.17) is 4.74 Å². The van der Waals surface area contributed by atoms with Gasteiger partial charge in [-0.2, -0.15) is 0 Å². The molecule has 0 bridgehead atoms. The summed E-state index contributed by atoms with van der Waals surface area (Å²) in [6, 6.07) is 5.28. The molecule has 0 atom stereocenters. The molecule has 1 N–H and O–H groups in total. The standard InChI is InChI=1S/C11H15BrFNO3S/c12-6-9-17-8-3-7-14-18(15,16)11-5-2-1-4-10(11)13/h1-2,4-5,14H,3,6-9H2. The molecule has 0 unspecified atom stereocenters. The van der Waals surface area contributed by atoms with Crippen molar-refractivity contribution >= 4 is 26.0 Å². The molecule has 102 valence electrons. The third kappa shape index (κ3) is 5.01. The molecule has 4 nitrogen and oxygen atoms in total. The van der Waals surface area contributed by atoms with E-state index in [0.717, 1.165) is 11.4 Å². The topological polar surface area (TPSA) is 55.4 Å². The molecule has 1 aromatic carbocycles. The van der Waals surface area contributed by atoms with Crippen LogP contribution in [-0.4, -0.2) is 33.5 Å². The average Bonchev–Trinajstić information content (AvgIpc) is 2.34. The number of hydrogen-bond donors (Lipinski definition) is 1. The van der Waals surface area contributed by atoms with E-state index >= 15 is 0 Å². The van der Waals surface area contributed by atoms with Crippen LogP contribution in [0.15, 0.2) is 29.2 Å². The van der Waals surface area contributed by atoms with Crippen molar-refractivity contribution in [1.29, 1.82) is 0 Å². The highest BCUT2D eigenvalue weighted by molar-refractivity contribution is 9.09. The van der Waals surface area contributed by atoms with E-state index in [1.807, 2.05) is 0 Å². The van der Waals surface area contributed by atoms with Gasteiger partial charge in [0.2, 0.25) is 10.0 Å². The molecule has 18 heavy (non-hydrogen) atoms. The van der Waals surface area contributed by atoms with Crippen molar-refractivity contribution in [2.24, 2.45) is 0 Å². The third-order valence-electron chi connectivity index (χ3n) is 2.11. The first kappa shape index (κ1) is 15.6. The van der Waals surface area contributed by atoms with E-state index in [1.54, 1.807) is 0 Å². The van der Waals surface area contributed by atoms with E-state index in [0.29, 0.717) is 19.6 Å². The summed E-state index contributed by atoms with van der Waals surface area (Å²) in [6.45, 7) is 1.27. The smallest absolute Gasteiger partial charge is 0.243 e. The molecule has 0 aliphatic heterocycles. The Morgan fingerprint density at radius 2 is 2.00 bits per heavy atom. The first-order valence-electron chi connectivity index (χ1n) is 5.46. The monoisotopic (exact) mass is 339 g/mol. The number of sulfonamides is 1. The average molecular weight is 340 g/mol. The van der Waals surface area contributed by atoms with Crippen LogP contribution in [0.4, 0.5) is 4.39 Å². The molecule has 7 heteroatoms. The Bertz CT molecular complexity index is 467. The van der Waals surface area contributed by atoms with E-state index in [1.165, 1.54) is 18.2 Å². The van der Waals surface area contributed by atoms with Gasteiger partial charge in [-0.15, -0.1) is 0 Å². The summed E-state index contributed by atoms with van der Waals surface area (Å²) in [5, 5.41) is 0.744. The molecule has 0 aromatic heterocycles. The molecule has 0 saturated carbocycles. The molecule has 0 fully saturated rings. The summed E-state index contributed by atoms with van der Waals surface area (Å²) >= 11 is 3.21. The van der Waals surface area contributed by atoms with Gasteiger partial charge < -0.3 is 4.74 Å². The molecular formula is C11H15BrFNO3S. The molecule has 0 radical (unpaired) electrons. The second-order valence-corrected chi connectivity index (χ2v) is 6.01. The Labute approximate surface area is 115 Å². The highest BCUT2D eigenvalue weighted by Gasteiger charge is 2.17. The van der Waals surface area contributed by atoms with Crippen molar-refractivity contribution in [3.63, 3.8) is 0 Å². The maximum Gasteiger partial charge on any atom is 0.243 e. The minimum Gasteiger partial charge on any atom is -0.381 e. The number of rotatable bonds is 8. The Kier molecular flexibility index (Phi) is 6.77. The normalized spacial score (nSPS) is 11.7. The lowest BCUT2D eigenvalue weighted by molar-refractivity contribution is 0.149. The van der Waals surface area contributed by atoms with Gasteiger partial charge >= 0.3 is 0 Å². The number of nitrogens with one attached hydrogen (secondary N) is 1. The Morgan fingerprint density at radius 3 is 2.67 bits per heavy atom. The molecule has 0 aliphatic carbocycles. The highest BCUT2D eigenvalue weighted by atomic mass is 79.9. The van der Waals surface area contributed by atoms with Crippen LogP contribution in [0.2, 0.25) is 0 Å². The maximum atomic E-state index is 13.3. The SMILES string of the molecule is O=S(=O)(NCCCOCCBr)c1ccccc1F. The summed E-state index contributed by atoms with van der Waals surface area (Å²) in [5.41, 5.74) is 0. The van der Waals surface area contributed by atoms with E-state index in [9.17, 15) is 12.8 Å². The van der Waals surface area contributed by atoms with Gasteiger partial charge in [0.1, 0.15) is 10.7 Å². The highest BCUT2D eigenvalue weighted by Crippen LogP contribution is 2.12. The fourth-order valence-corrected chi connectivity index (χ4v) is 2.66. The van der Waals surface area contributed by atoms with Gasteiger partial charge in [-0.05, 0) is 18.6 Å². The van der Waals surface area contributed by atoms with Crippen molar-refractivity contribution < 1.29 is 17.5 Å². The molecule has 0 heterocycles. The first-order valence-corrected chi connectivity index (χ1v) is 8.06. The fourth-order valence-electron chi connectivity index (χ4n) is 1.28. The minimum absolute atomic E-state index is 0.221. The van der Waals surface area contributed by atoms with Gasteiger partial charge in [0.25, 0.3) is 0 Å². The Balaban J connectivity index is 2.44. The number of hydrogen-bond acceptors (Lipinski definition) is 3. The van der Waals surface area contributed by atoms with Crippen LogP contribution in [0.5, 0.6) is 0 Å². The van der Waals surface area contributed by atoms with E-state index < -0.39 is 15.8 Å². The summed E-state index contributed by atoms with van der Waals surface area (Å²) < 4.78 is 44.3. The predicted octanol–water partition coefficient (Wildman–Crippen LogP) is 1.91. The molecule has 0 aliphatic rings. The predicted molar refractivity (Wildman–Crippen MR) is 70.8 cm³/mol. The van der Waals surface area contributed by atoms with Gasteiger partial charge in [0, 0.05) is 18.5 Å². The third-order valence-corrected chi connectivity index (χ3v) is 3.92. The Morgan fingerprint density at radius 1 is 1.28 bits per heavy atom. The molecule has 0 amide bonds. The zero-order valence-electron chi connectivity index (χ0n) is 9.73. The van der Waals surface area contributed by atoms with Gasteiger partial charge in [0.15, 0.2) is 0 Å². The molecular weight excluding hydrogens is 325 g/mol. The van der Waals surface area contributed by atoms with Crippen molar-refractivity contribution in [2.45, 2.75) is 11.3 Å². The first-order chi connectivity index (χ1) is 8.58. The van der Waals surface area contributed by atoms with Crippen LogP contribution >= 0.6 is 15.9 Å². The van der Waals surface area contributed by atoms with E-state index in [-0.39, 0.29) is 11.4 Å². The van der Waals surface area contributed by atoms with Crippen LogP contribution in [0.1, 0.15) is 6.42 Å².